The maximum atomic E-state index is 11.3. The van der Waals surface area contributed by atoms with Crippen molar-refractivity contribution in [3.63, 3.8) is 0 Å². The van der Waals surface area contributed by atoms with Gasteiger partial charge in [0, 0.05) is 17.6 Å². The molecular formula is C12H17ClN2O. The summed E-state index contributed by atoms with van der Waals surface area (Å²) in [6.45, 7) is 4.85. The van der Waals surface area contributed by atoms with Crippen LogP contribution >= 0.6 is 11.6 Å². The number of rotatable bonds is 5. The number of amides is 1. The van der Waals surface area contributed by atoms with E-state index >= 15 is 0 Å². The zero-order chi connectivity index (χ0) is 12.0. The highest BCUT2D eigenvalue weighted by molar-refractivity contribution is 6.30. The van der Waals surface area contributed by atoms with Crippen LogP contribution < -0.4 is 10.6 Å². The van der Waals surface area contributed by atoms with Gasteiger partial charge in [0.2, 0.25) is 5.91 Å². The van der Waals surface area contributed by atoms with E-state index in [1.165, 1.54) is 0 Å². The molecule has 1 aromatic rings. The van der Waals surface area contributed by atoms with Crippen molar-refractivity contribution < 1.29 is 4.79 Å². The Morgan fingerprint density at radius 3 is 2.81 bits per heavy atom. The molecule has 0 saturated carbocycles. The Hall–Kier alpha value is -1.06. The van der Waals surface area contributed by atoms with Gasteiger partial charge in [-0.05, 0) is 31.5 Å². The van der Waals surface area contributed by atoms with Gasteiger partial charge in [0.1, 0.15) is 0 Å². The second-order valence-corrected chi connectivity index (χ2v) is 4.39. The number of carbonyl (C=O) groups excluding carboxylic acids is 1. The molecule has 0 saturated heterocycles. The summed E-state index contributed by atoms with van der Waals surface area (Å²) < 4.78 is 0. The van der Waals surface area contributed by atoms with Crippen LogP contribution in [-0.2, 0) is 11.3 Å². The summed E-state index contributed by atoms with van der Waals surface area (Å²) in [5.41, 5.74) is 1.07. The number of hydrogen-bond acceptors (Lipinski definition) is 2. The number of benzene rings is 1. The fraction of sp³-hybridized carbons (Fsp3) is 0.417. The molecule has 4 heteroatoms. The molecule has 1 aromatic carbocycles. The second-order valence-electron chi connectivity index (χ2n) is 3.96. The van der Waals surface area contributed by atoms with Crippen molar-refractivity contribution >= 4 is 17.5 Å². The number of carbonyl (C=O) groups is 1. The summed E-state index contributed by atoms with van der Waals surface area (Å²) >= 11 is 5.85. The zero-order valence-electron chi connectivity index (χ0n) is 9.59. The van der Waals surface area contributed by atoms with E-state index in [4.69, 9.17) is 11.6 Å². The van der Waals surface area contributed by atoms with Crippen molar-refractivity contribution in [3.05, 3.63) is 34.9 Å². The van der Waals surface area contributed by atoms with Crippen LogP contribution in [0.2, 0.25) is 5.02 Å². The average molecular weight is 241 g/mol. The van der Waals surface area contributed by atoms with Crippen LogP contribution in [-0.4, -0.2) is 18.5 Å². The van der Waals surface area contributed by atoms with Gasteiger partial charge >= 0.3 is 0 Å². The highest BCUT2D eigenvalue weighted by Crippen LogP contribution is 2.09. The van der Waals surface area contributed by atoms with E-state index in [1.807, 2.05) is 38.1 Å². The van der Waals surface area contributed by atoms with Gasteiger partial charge in [-0.1, -0.05) is 23.7 Å². The molecule has 0 aliphatic carbocycles. The maximum Gasteiger partial charge on any atom is 0.234 e. The molecule has 0 bridgehead atoms. The topological polar surface area (TPSA) is 41.1 Å². The standard InChI is InChI=1S/C12H17ClN2O/c1-9(2)15-12(16)8-14-7-10-4-3-5-11(13)6-10/h3-6,9,14H,7-8H2,1-2H3,(H,15,16). The van der Waals surface area contributed by atoms with Gasteiger partial charge in [0.15, 0.2) is 0 Å². The molecule has 1 rings (SSSR count). The van der Waals surface area contributed by atoms with Crippen molar-refractivity contribution in [2.45, 2.75) is 26.4 Å². The zero-order valence-corrected chi connectivity index (χ0v) is 10.3. The first-order chi connectivity index (χ1) is 7.58. The quantitative estimate of drug-likeness (QED) is 0.826. The molecule has 0 spiro atoms. The Morgan fingerprint density at radius 1 is 1.44 bits per heavy atom. The monoisotopic (exact) mass is 240 g/mol. The van der Waals surface area contributed by atoms with Crippen LogP contribution in [0, 0.1) is 0 Å². The first-order valence-corrected chi connectivity index (χ1v) is 5.70. The Balaban J connectivity index is 2.28. The Kier molecular flexibility index (Phi) is 5.29. The van der Waals surface area contributed by atoms with Gasteiger partial charge in [-0.2, -0.15) is 0 Å². The van der Waals surface area contributed by atoms with Crippen LogP contribution in [0.1, 0.15) is 19.4 Å². The third kappa shape index (κ3) is 5.14. The van der Waals surface area contributed by atoms with E-state index in [1.54, 1.807) is 0 Å². The molecule has 2 N–H and O–H groups in total. The van der Waals surface area contributed by atoms with Crippen LogP contribution in [0.4, 0.5) is 0 Å². The first-order valence-electron chi connectivity index (χ1n) is 5.32. The maximum absolute atomic E-state index is 11.3. The summed E-state index contributed by atoms with van der Waals surface area (Å²) in [5.74, 6) is 0.0111. The first kappa shape index (κ1) is 13.0. The predicted molar refractivity (Wildman–Crippen MR) is 66.4 cm³/mol. The number of nitrogens with one attached hydrogen (secondary N) is 2. The lowest BCUT2D eigenvalue weighted by atomic mass is 10.2. The van der Waals surface area contributed by atoms with Crippen LogP contribution in [0.3, 0.4) is 0 Å². The lowest BCUT2D eigenvalue weighted by Crippen LogP contribution is -2.37. The highest BCUT2D eigenvalue weighted by Gasteiger charge is 2.02. The van der Waals surface area contributed by atoms with Crippen LogP contribution in [0.25, 0.3) is 0 Å². The Bertz CT molecular complexity index is 353. The van der Waals surface area contributed by atoms with Crippen molar-refractivity contribution in [2.75, 3.05) is 6.54 Å². The molecule has 0 fully saturated rings. The van der Waals surface area contributed by atoms with E-state index in [0.29, 0.717) is 18.1 Å². The largest absolute Gasteiger partial charge is 0.353 e. The van der Waals surface area contributed by atoms with Crippen molar-refractivity contribution in [1.82, 2.24) is 10.6 Å². The molecular weight excluding hydrogens is 224 g/mol. The molecule has 0 aromatic heterocycles. The summed E-state index contributed by atoms with van der Waals surface area (Å²) in [5, 5.41) is 6.59. The SMILES string of the molecule is CC(C)NC(=O)CNCc1cccc(Cl)c1. The normalized spacial score (nSPS) is 10.5. The minimum Gasteiger partial charge on any atom is -0.353 e. The smallest absolute Gasteiger partial charge is 0.234 e. The predicted octanol–water partition coefficient (Wildman–Crippen LogP) is 1.95. The van der Waals surface area contributed by atoms with E-state index in [9.17, 15) is 4.79 Å². The third-order valence-corrected chi connectivity index (χ3v) is 2.19. The molecule has 0 atom stereocenters. The Morgan fingerprint density at radius 2 is 2.19 bits per heavy atom. The summed E-state index contributed by atoms with van der Waals surface area (Å²) in [6, 6.07) is 7.76. The fourth-order valence-corrected chi connectivity index (χ4v) is 1.55. The molecule has 16 heavy (non-hydrogen) atoms. The summed E-state index contributed by atoms with van der Waals surface area (Å²) in [4.78, 5) is 11.3. The van der Waals surface area contributed by atoms with E-state index in [-0.39, 0.29) is 11.9 Å². The van der Waals surface area contributed by atoms with Gasteiger partial charge in [-0.15, -0.1) is 0 Å². The van der Waals surface area contributed by atoms with Crippen molar-refractivity contribution in [1.29, 1.82) is 0 Å². The molecule has 1 amide bonds. The van der Waals surface area contributed by atoms with Gasteiger partial charge in [-0.3, -0.25) is 4.79 Å². The van der Waals surface area contributed by atoms with Crippen LogP contribution in [0.5, 0.6) is 0 Å². The minimum atomic E-state index is 0.0111. The molecule has 0 aliphatic rings. The molecule has 0 radical (unpaired) electrons. The number of hydrogen-bond donors (Lipinski definition) is 2. The molecule has 3 nitrogen and oxygen atoms in total. The fourth-order valence-electron chi connectivity index (χ4n) is 1.34. The lowest BCUT2D eigenvalue weighted by molar-refractivity contribution is -0.120. The average Bonchev–Trinajstić information content (AvgIpc) is 2.16. The molecule has 0 aliphatic heterocycles. The van der Waals surface area contributed by atoms with Crippen molar-refractivity contribution in [3.8, 4) is 0 Å². The van der Waals surface area contributed by atoms with Gasteiger partial charge in [0.25, 0.3) is 0 Å². The van der Waals surface area contributed by atoms with Gasteiger partial charge in [0.05, 0.1) is 6.54 Å². The lowest BCUT2D eigenvalue weighted by Gasteiger charge is -2.09. The summed E-state index contributed by atoms with van der Waals surface area (Å²) in [6.07, 6.45) is 0. The Labute approximate surface area is 101 Å². The third-order valence-electron chi connectivity index (χ3n) is 1.95. The second kappa shape index (κ2) is 6.51. The molecule has 0 heterocycles. The summed E-state index contributed by atoms with van der Waals surface area (Å²) in [7, 11) is 0. The van der Waals surface area contributed by atoms with Crippen molar-refractivity contribution in [2.24, 2.45) is 0 Å². The minimum absolute atomic E-state index is 0.0111. The molecule has 88 valence electrons. The van der Waals surface area contributed by atoms with Gasteiger partial charge < -0.3 is 10.6 Å². The van der Waals surface area contributed by atoms with Gasteiger partial charge in [-0.25, -0.2) is 0 Å². The van der Waals surface area contributed by atoms with E-state index in [2.05, 4.69) is 10.6 Å². The van der Waals surface area contributed by atoms with E-state index < -0.39 is 0 Å². The number of halogens is 1. The van der Waals surface area contributed by atoms with E-state index in [0.717, 1.165) is 5.56 Å². The van der Waals surface area contributed by atoms with Crippen LogP contribution in [0.15, 0.2) is 24.3 Å². The highest BCUT2D eigenvalue weighted by atomic mass is 35.5. The molecule has 0 unspecified atom stereocenters.